The zero-order valence-electron chi connectivity index (χ0n) is 10.5. The Morgan fingerprint density at radius 3 is 2.76 bits per heavy atom. The van der Waals surface area contributed by atoms with Gasteiger partial charge in [-0.3, -0.25) is 0 Å². The highest BCUT2D eigenvalue weighted by atomic mass is 35.5. The molecule has 94 valence electrons. The summed E-state index contributed by atoms with van der Waals surface area (Å²) in [5.74, 6) is 0. The summed E-state index contributed by atoms with van der Waals surface area (Å²) in [5, 5.41) is 0.775. The van der Waals surface area contributed by atoms with Crippen LogP contribution in [0.1, 0.15) is 12.5 Å². The van der Waals surface area contributed by atoms with Crippen molar-refractivity contribution < 1.29 is 0 Å². The summed E-state index contributed by atoms with van der Waals surface area (Å²) in [4.78, 5) is 4.77. The third-order valence-electron chi connectivity index (χ3n) is 3.58. The minimum Gasteiger partial charge on any atom is -0.369 e. The molecule has 1 aromatic rings. The monoisotopic (exact) mass is 253 g/mol. The normalized spacial score (nSPS) is 21.9. The smallest absolute Gasteiger partial charge is 0.0471 e. The summed E-state index contributed by atoms with van der Waals surface area (Å²) in [5.41, 5.74) is 7.83. The first kappa shape index (κ1) is 12.7. The topological polar surface area (TPSA) is 32.5 Å². The number of benzene rings is 1. The van der Waals surface area contributed by atoms with E-state index in [0.29, 0.717) is 12.6 Å². The van der Waals surface area contributed by atoms with Crippen LogP contribution >= 0.6 is 11.6 Å². The maximum absolute atomic E-state index is 6.20. The fourth-order valence-corrected chi connectivity index (χ4v) is 2.43. The maximum Gasteiger partial charge on any atom is 0.0471 e. The first-order valence-corrected chi connectivity index (χ1v) is 6.43. The van der Waals surface area contributed by atoms with Crippen molar-refractivity contribution in [2.45, 2.75) is 19.5 Å². The molecule has 1 saturated heterocycles. The molecule has 1 heterocycles. The SMILES string of the molecule is CC1CN(c2ccc(CN)c(Cl)c2)CCN1C. The molecular formula is C13H20ClN3. The number of piperazine rings is 1. The third-order valence-corrected chi connectivity index (χ3v) is 3.93. The number of hydrogen-bond donors (Lipinski definition) is 1. The number of nitrogens with two attached hydrogens (primary N) is 1. The van der Waals surface area contributed by atoms with Gasteiger partial charge in [0.05, 0.1) is 0 Å². The predicted molar refractivity (Wildman–Crippen MR) is 73.6 cm³/mol. The fourth-order valence-electron chi connectivity index (χ4n) is 2.18. The summed E-state index contributed by atoms with van der Waals surface area (Å²) < 4.78 is 0. The third kappa shape index (κ3) is 2.73. The number of hydrogen-bond acceptors (Lipinski definition) is 3. The van der Waals surface area contributed by atoms with Gasteiger partial charge in [-0.05, 0) is 31.7 Å². The fraction of sp³-hybridized carbons (Fsp3) is 0.538. The van der Waals surface area contributed by atoms with Crippen molar-refractivity contribution >= 4 is 17.3 Å². The molecular weight excluding hydrogens is 234 g/mol. The van der Waals surface area contributed by atoms with E-state index in [1.54, 1.807) is 0 Å². The quantitative estimate of drug-likeness (QED) is 0.874. The average molecular weight is 254 g/mol. The molecule has 0 aliphatic carbocycles. The highest BCUT2D eigenvalue weighted by Crippen LogP contribution is 2.25. The van der Waals surface area contributed by atoms with Crippen LogP contribution < -0.4 is 10.6 Å². The minimum atomic E-state index is 0.498. The lowest BCUT2D eigenvalue weighted by Gasteiger charge is -2.39. The second-order valence-corrected chi connectivity index (χ2v) is 5.16. The van der Waals surface area contributed by atoms with Gasteiger partial charge in [-0.25, -0.2) is 0 Å². The van der Waals surface area contributed by atoms with Crippen molar-refractivity contribution in [3.05, 3.63) is 28.8 Å². The molecule has 0 spiro atoms. The molecule has 1 aromatic carbocycles. The molecule has 2 N–H and O–H groups in total. The molecule has 1 aliphatic heterocycles. The van der Waals surface area contributed by atoms with E-state index in [0.717, 1.165) is 30.2 Å². The van der Waals surface area contributed by atoms with Crippen molar-refractivity contribution in [3.8, 4) is 0 Å². The molecule has 1 fully saturated rings. The van der Waals surface area contributed by atoms with E-state index in [4.69, 9.17) is 17.3 Å². The van der Waals surface area contributed by atoms with Crippen LogP contribution in [0.3, 0.4) is 0 Å². The Balaban J connectivity index is 2.15. The Labute approximate surface area is 108 Å². The minimum absolute atomic E-state index is 0.498. The highest BCUT2D eigenvalue weighted by Gasteiger charge is 2.20. The van der Waals surface area contributed by atoms with Crippen molar-refractivity contribution in [3.63, 3.8) is 0 Å². The Hall–Kier alpha value is -0.770. The first-order chi connectivity index (χ1) is 8.11. The van der Waals surface area contributed by atoms with E-state index in [1.807, 2.05) is 12.1 Å². The van der Waals surface area contributed by atoms with Crippen LogP contribution in [-0.4, -0.2) is 37.6 Å². The van der Waals surface area contributed by atoms with E-state index in [2.05, 4.69) is 29.8 Å². The van der Waals surface area contributed by atoms with Gasteiger partial charge < -0.3 is 15.5 Å². The zero-order chi connectivity index (χ0) is 12.4. The van der Waals surface area contributed by atoms with E-state index >= 15 is 0 Å². The molecule has 0 aromatic heterocycles. The van der Waals surface area contributed by atoms with Crippen LogP contribution in [0.15, 0.2) is 18.2 Å². The number of likely N-dealkylation sites (N-methyl/N-ethyl adjacent to an activating group) is 1. The molecule has 0 radical (unpaired) electrons. The largest absolute Gasteiger partial charge is 0.369 e. The van der Waals surface area contributed by atoms with Gasteiger partial charge in [-0.15, -0.1) is 0 Å². The molecule has 1 aliphatic rings. The van der Waals surface area contributed by atoms with Gasteiger partial charge in [0.15, 0.2) is 0 Å². The van der Waals surface area contributed by atoms with E-state index < -0.39 is 0 Å². The lowest BCUT2D eigenvalue weighted by molar-refractivity contribution is 0.234. The Kier molecular flexibility index (Phi) is 3.92. The number of anilines is 1. The van der Waals surface area contributed by atoms with Crippen molar-refractivity contribution in [2.75, 3.05) is 31.6 Å². The molecule has 0 amide bonds. The molecule has 4 heteroatoms. The van der Waals surface area contributed by atoms with Gasteiger partial charge >= 0.3 is 0 Å². The second kappa shape index (κ2) is 5.25. The standard InChI is InChI=1S/C13H20ClN3/c1-10-9-17(6-5-16(10)2)12-4-3-11(8-15)13(14)7-12/h3-4,7,10H,5-6,8-9,15H2,1-2H3. The van der Waals surface area contributed by atoms with Gasteiger partial charge in [-0.2, -0.15) is 0 Å². The van der Waals surface area contributed by atoms with Gasteiger partial charge in [0.2, 0.25) is 0 Å². The van der Waals surface area contributed by atoms with Crippen molar-refractivity contribution in [1.29, 1.82) is 0 Å². The van der Waals surface area contributed by atoms with Crippen LogP contribution in [0.2, 0.25) is 5.02 Å². The van der Waals surface area contributed by atoms with Gasteiger partial charge in [-0.1, -0.05) is 17.7 Å². The summed E-state index contributed by atoms with van der Waals surface area (Å²) in [7, 11) is 2.17. The summed E-state index contributed by atoms with van der Waals surface area (Å²) in [6, 6.07) is 6.76. The summed E-state index contributed by atoms with van der Waals surface area (Å²) in [6.45, 7) is 5.95. The lowest BCUT2D eigenvalue weighted by Crippen LogP contribution is -2.50. The van der Waals surface area contributed by atoms with Crippen LogP contribution in [-0.2, 0) is 6.54 Å². The van der Waals surface area contributed by atoms with E-state index in [1.165, 1.54) is 5.69 Å². The van der Waals surface area contributed by atoms with Crippen molar-refractivity contribution in [2.24, 2.45) is 5.73 Å². The van der Waals surface area contributed by atoms with Gasteiger partial charge in [0.25, 0.3) is 0 Å². The summed E-state index contributed by atoms with van der Waals surface area (Å²) >= 11 is 6.20. The maximum atomic E-state index is 6.20. The number of halogens is 1. The van der Waals surface area contributed by atoms with Gasteiger partial charge in [0, 0.05) is 42.9 Å². The Morgan fingerprint density at radius 2 is 2.18 bits per heavy atom. The average Bonchev–Trinajstić information content (AvgIpc) is 2.32. The Morgan fingerprint density at radius 1 is 1.41 bits per heavy atom. The lowest BCUT2D eigenvalue weighted by atomic mass is 10.1. The highest BCUT2D eigenvalue weighted by molar-refractivity contribution is 6.31. The van der Waals surface area contributed by atoms with E-state index in [9.17, 15) is 0 Å². The molecule has 0 bridgehead atoms. The van der Waals surface area contributed by atoms with Crippen LogP contribution in [0.5, 0.6) is 0 Å². The van der Waals surface area contributed by atoms with Gasteiger partial charge in [0.1, 0.15) is 0 Å². The second-order valence-electron chi connectivity index (χ2n) is 4.76. The van der Waals surface area contributed by atoms with Crippen LogP contribution in [0.4, 0.5) is 5.69 Å². The molecule has 3 nitrogen and oxygen atoms in total. The molecule has 17 heavy (non-hydrogen) atoms. The molecule has 0 saturated carbocycles. The van der Waals surface area contributed by atoms with Crippen LogP contribution in [0.25, 0.3) is 0 Å². The predicted octanol–water partition coefficient (Wildman–Crippen LogP) is 1.94. The molecule has 2 rings (SSSR count). The molecule has 1 unspecified atom stereocenters. The first-order valence-electron chi connectivity index (χ1n) is 6.05. The zero-order valence-corrected chi connectivity index (χ0v) is 11.2. The summed E-state index contributed by atoms with van der Waals surface area (Å²) in [6.07, 6.45) is 0. The van der Waals surface area contributed by atoms with Crippen molar-refractivity contribution in [1.82, 2.24) is 4.90 Å². The Bertz CT molecular complexity index is 394. The molecule has 1 atom stereocenters. The number of nitrogens with zero attached hydrogens (tertiary/aromatic N) is 2. The van der Waals surface area contributed by atoms with Crippen LogP contribution in [0, 0.1) is 0 Å². The number of rotatable bonds is 2. The van der Waals surface area contributed by atoms with E-state index in [-0.39, 0.29) is 0 Å².